The molecule has 1 aromatic carbocycles. The van der Waals surface area contributed by atoms with E-state index >= 15 is 0 Å². The number of benzene rings is 1. The largest absolute Gasteiger partial charge is 0.399 e. The number of anilines is 1. The molecule has 0 aliphatic heterocycles. The summed E-state index contributed by atoms with van der Waals surface area (Å²) >= 11 is 0. The summed E-state index contributed by atoms with van der Waals surface area (Å²) in [5, 5.41) is 0. The summed E-state index contributed by atoms with van der Waals surface area (Å²) in [6.07, 6.45) is 5.03. The standard InChI is InChI=1S/C11H12F2N2O2S/c1-3-5-15(4-2)18(16,17)10-7-8(14)6-9(12)11(10)13/h1,6-7H,4-5,14H2,2H3. The topological polar surface area (TPSA) is 63.4 Å². The van der Waals surface area contributed by atoms with Crippen LogP contribution >= 0.6 is 0 Å². The van der Waals surface area contributed by atoms with Crippen LogP contribution in [0.15, 0.2) is 17.0 Å². The molecule has 0 heterocycles. The summed E-state index contributed by atoms with van der Waals surface area (Å²) in [6.45, 7) is 1.35. The molecular weight excluding hydrogens is 262 g/mol. The van der Waals surface area contributed by atoms with Gasteiger partial charge >= 0.3 is 0 Å². The first-order valence-electron chi connectivity index (χ1n) is 5.02. The molecule has 0 fully saturated rings. The summed E-state index contributed by atoms with van der Waals surface area (Å²) < 4.78 is 51.6. The van der Waals surface area contributed by atoms with Crippen LogP contribution in [-0.4, -0.2) is 25.8 Å². The fourth-order valence-corrected chi connectivity index (χ4v) is 2.85. The number of rotatable bonds is 4. The van der Waals surface area contributed by atoms with E-state index in [4.69, 9.17) is 12.2 Å². The highest BCUT2D eigenvalue weighted by molar-refractivity contribution is 7.89. The number of hydrogen-bond donors (Lipinski definition) is 1. The summed E-state index contributed by atoms with van der Waals surface area (Å²) in [7, 11) is -4.19. The molecule has 0 saturated heterocycles. The van der Waals surface area contributed by atoms with E-state index in [-0.39, 0.29) is 18.8 Å². The summed E-state index contributed by atoms with van der Waals surface area (Å²) in [5.74, 6) is -0.631. The number of sulfonamides is 1. The van der Waals surface area contributed by atoms with E-state index in [1.54, 1.807) is 0 Å². The SMILES string of the molecule is C#CCN(CC)S(=O)(=O)c1cc(N)cc(F)c1F. The lowest BCUT2D eigenvalue weighted by atomic mass is 10.3. The van der Waals surface area contributed by atoms with Crippen LogP contribution in [0.3, 0.4) is 0 Å². The first kappa shape index (κ1) is 14.4. The zero-order valence-corrected chi connectivity index (χ0v) is 10.5. The number of hydrogen-bond acceptors (Lipinski definition) is 3. The van der Waals surface area contributed by atoms with Gasteiger partial charge in [0.1, 0.15) is 4.90 Å². The Labute approximate surface area is 104 Å². The molecule has 98 valence electrons. The minimum atomic E-state index is -4.19. The fraction of sp³-hybridized carbons (Fsp3) is 0.273. The van der Waals surface area contributed by atoms with Crippen LogP contribution in [0.25, 0.3) is 0 Å². The first-order valence-corrected chi connectivity index (χ1v) is 6.46. The van der Waals surface area contributed by atoms with Crippen LogP contribution in [0, 0.1) is 24.0 Å². The van der Waals surface area contributed by atoms with Crippen molar-refractivity contribution in [1.82, 2.24) is 4.31 Å². The van der Waals surface area contributed by atoms with Gasteiger partial charge in [-0.1, -0.05) is 12.8 Å². The van der Waals surface area contributed by atoms with Crippen molar-refractivity contribution in [2.24, 2.45) is 0 Å². The Balaban J connectivity index is 3.41. The van der Waals surface area contributed by atoms with Crippen LogP contribution in [0.4, 0.5) is 14.5 Å². The lowest BCUT2D eigenvalue weighted by molar-refractivity contribution is 0.446. The lowest BCUT2D eigenvalue weighted by Crippen LogP contribution is -2.32. The van der Waals surface area contributed by atoms with Gasteiger partial charge in [-0.25, -0.2) is 17.2 Å². The van der Waals surface area contributed by atoms with E-state index in [1.807, 2.05) is 0 Å². The van der Waals surface area contributed by atoms with Crippen molar-refractivity contribution in [1.29, 1.82) is 0 Å². The van der Waals surface area contributed by atoms with E-state index in [9.17, 15) is 17.2 Å². The molecule has 1 rings (SSSR count). The Kier molecular flexibility index (Phi) is 4.27. The highest BCUT2D eigenvalue weighted by Gasteiger charge is 2.28. The van der Waals surface area contributed by atoms with E-state index in [1.165, 1.54) is 6.92 Å². The average molecular weight is 274 g/mol. The molecule has 0 amide bonds. The monoisotopic (exact) mass is 274 g/mol. The lowest BCUT2D eigenvalue weighted by Gasteiger charge is -2.18. The highest BCUT2D eigenvalue weighted by Crippen LogP contribution is 2.24. The number of nitrogens with two attached hydrogens (primary N) is 1. The van der Waals surface area contributed by atoms with Crippen LogP contribution in [0.5, 0.6) is 0 Å². The highest BCUT2D eigenvalue weighted by atomic mass is 32.2. The van der Waals surface area contributed by atoms with Crippen molar-refractivity contribution in [3.63, 3.8) is 0 Å². The number of nitrogens with zero attached hydrogens (tertiary/aromatic N) is 1. The Bertz CT molecular complexity index is 594. The van der Waals surface area contributed by atoms with E-state index in [0.717, 1.165) is 10.4 Å². The van der Waals surface area contributed by atoms with Crippen molar-refractivity contribution in [3.05, 3.63) is 23.8 Å². The van der Waals surface area contributed by atoms with Gasteiger partial charge in [0.05, 0.1) is 6.54 Å². The zero-order valence-electron chi connectivity index (χ0n) is 9.65. The average Bonchev–Trinajstić information content (AvgIpc) is 2.30. The van der Waals surface area contributed by atoms with Crippen molar-refractivity contribution in [2.45, 2.75) is 11.8 Å². The molecule has 18 heavy (non-hydrogen) atoms. The molecular formula is C11H12F2N2O2S. The van der Waals surface area contributed by atoms with E-state index < -0.39 is 26.6 Å². The second-order valence-electron chi connectivity index (χ2n) is 3.45. The summed E-state index contributed by atoms with van der Waals surface area (Å²) in [6, 6.07) is 1.58. The molecule has 0 aliphatic rings. The van der Waals surface area contributed by atoms with Gasteiger partial charge < -0.3 is 5.73 Å². The molecule has 0 spiro atoms. The van der Waals surface area contributed by atoms with Gasteiger partial charge in [-0.05, 0) is 12.1 Å². The van der Waals surface area contributed by atoms with Crippen molar-refractivity contribution in [3.8, 4) is 12.3 Å². The maximum atomic E-state index is 13.5. The summed E-state index contributed by atoms with van der Waals surface area (Å²) in [4.78, 5) is -0.808. The third-order valence-corrected chi connectivity index (χ3v) is 4.18. The van der Waals surface area contributed by atoms with Gasteiger partial charge in [-0.15, -0.1) is 6.42 Å². The Morgan fingerprint density at radius 1 is 1.44 bits per heavy atom. The predicted octanol–water partition coefficient (Wildman–Crippen LogP) is 1.19. The van der Waals surface area contributed by atoms with E-state index in [2.05, 4.69) is 5.92 Å². The van der Waals surface area contributed by atoms with Crippen LogP contribution in [0.1, 0.15) is 6.92 Å². The fourth-order valence-electron chi connectivity index (χ4n) is 1.38. The Morgan fingerprint density at radius 2 is 2.06 bits per heavy atom. The number of terminal acetylenes is 1. The smallest absolute Gasteiger partial charge is 0.247 e. The van der Waals surface area contributed by atoms with Gasteiger partial charge in [0.15, 0.2) is 11.6 Å². The molecule has 2 N–H and O–H groups in total. The first-order chi connectivity index (χ1) is 8.34. The molecule has 0 saturated carbocycles. The Morgan fingerprint density at radius 3 is 2.56 bits per heavy atom. The molecule has 1 aromatic rings. The molecule has 0 unspecified atom stereocenters. The van der Waals surface area contributed by atoms with Crippen LogP contribution in [-0.2, 0) is 10.0 Å². The van der Waals surface area contributed by atoms with Crippen LogP contribution in [0.2, 0.25) is 0 Å². The molecule has 0 radical (unpaired) electrons. The normalized spacial score (nSPS) is 11.5. The second-order valence-corrected chi connectivity index (χ2v) is 5.36. The van der Waals surface area contributed by atoms with Gasteiger partial charge in [-0.2, -0.15) is 4.31 Å². The molecule has 0 bridgehead atoms. The quantitative estimate of drug-likeness (QED) is 0.662. The third-order valence-electron chi connectivity index (χ3n) is 2.26. The number of halogens is 2. The van der Waals surface area contributed by atoms with Gasteiger partial charge in [0, 0.05) is 12.2 Å². The molecule has 0 aromatic heterocycles. The predicted molar refractivity (Wildman–Crippen MR) is 64.0 cm³/mol. The van der Waals surface area contributed by atoms with Crippen LogP contribution < -0.4 is 5.73 Å². The van der Waals surface area contributed by atoms with Gasteiger partial charge in [0.25, 0.3) is 0 Å². The molecule has 7 heteroatoms. The van der Waals surface area contributed by atoms with Gasteiger partial charge in [-0.3, -0.25) is 0 Å². The maximum Gasteiger partial charge on any atom is 0.247 e. The Hall–Kier alpha value is -1.65. The number of nitrogen functional groups attached to an aromatic ring is 1. The molecule has 0 atom stereocenters. The summed E-state index contributed by atoms with van der Waals surface area (Å²) in [5.41, 5.74) is 5.13. The molecule has 0 aliphatic carbocycles. The van der Waals surface area contributed by atoms with Gasteiger partial charge in [0.2, 0.25) is 10.0 Å². The van der Waals surface area contributed by atoms with Crippen molar-refractivity contribution >= 4 is 15.7 Å². The van der Waals surface area contributed by atoms with Crippen molar-refractivity contribution in [2.75, 3.05) is 18.8 Å². The zero-order chi connectivity index (χ0) is 13.9. The molecule has 4 nitrogen and oxygen atoms in total. The second kappa shape index (κ2) is 5.33. The minimum Gasteiger partial charge on any atom is -0.399 e. The van der Waals surface area contributed by atoms with E-state index in [0.29, 0.717) is 6.07 Å². The minimum absolute atomic E-state index is 0.0440. The third kappa shape index (κ3) is 2.60. The maximum absolute atomic E-state index is 13.5. The van der Waals surface area contributed by atoms with Crippen molar-refractivity contribution < 1.29 is 17.2 Å².